The SMILES string of the molecule is Cc1ccc2nc(-c3ccc(CNC(=O)n4sc5ncccc5c4=O)cc3)oc2c1. The first-order valence-corrected chi connectivity index (χ1v) is 10.1. The average molecular weight is 416 g/mol. The van der Waals surface area contributed by atoms with Crippen molar-refractivity contribution in [3.05, 3.63) is 82.3 Å². The summed E-state index contributed by atoms with van der Waals surface area (Å²) in [4.78, 5) is 33.9. The van der Waals surface area contributed by atoms with Gasteiger partial charge in [-0.15, -0.1) is 0 Å². The molecule has 0 aliphatic carbocycles. The van der Waals surface area contributed by atoms with Crippen LogP contribution in [0.5, 0.6) is 0 Å². The van der Waals surface area contributed by atoms with Gasteiger partial charge in [-0.1, -0.05) is 18.2 Å². The molecule has 3 aromatic heterocycles. The highest BCUT2D eigenvalue weighted by Gasteiger charge is 2.14. The van der Waals surface area contributed by atoms with Crippen LogP contribution in [0.15, 0.2) is 70.0 Å². The molecule has 3 heterocycles. The number of rotatable bonds is 3. The third-order valence-electron chi connectivity index (χ3n) is 4.74. The van der Waals surface area contributed by atoms with Crippen LogP contribution in [-0.2, 0) is 6.54 Å². The molecular weight excluding hydrogens is 400 g/mol. The summed E-state index contributed by atoms with van der Waals surface area (Å²) in [7, 11) is 0. The number of carbonyl (C=O) groups excluding carboxylic acids is 1. The summed E-state index contributed by atoms with van der Waals surface area (Å²) < 4.78 is 6.94. The van der Waals surface area contributed by atoms with Gasteiger partial charge in [0.1, 0.15) is 10.3 Å². The molecule has 30 heavy (non-hydrogen) atoms. The van der Waals surface area contributed by atoms with Crippen molar-refractivity contribution in [2.24, 2.45) is 0 Å². The molecule has 7 nitrogen and oxygen atoms in total. The largest absolute Gasteiger partial charge is 0.436 e. The fourth-order valence-corrected chi connectivity index (χ4v) is 4.03. The number of amides is 1. The average Bonchev–Trinajstić information content (AvgIpc) is 3.33. The summed E-state index contributed by atoms with van der Waals surface area (Å²) >= 11 is 1.03. The maximum Gasteiger partial charge on any atom is 0.338 e. The quantitative estimate of drug-likeness (QED) is 0.473. The zero-order valence-electron chi connectivity index (χ0n) is 16.0. The van der Waals surface area contributed by atoms with Gasteiger partial charge in [-0.3, -0.25) is 4.79 Å². The van der Waals surface area contributed by atoms with Crippen LogP contribution in [0.2, 0.25) is 0 Å². The molecule has 2 aromatic carbocycles. The van der Waals surface area contributed by atoms with Gasteiger partial charge in [0.05, 0.1) is 5.39 Å². The molecule has 0 radical (unpaired) electrons. The lowest BCUT2D eigenvalue weighted by molar-refractivity contribution is 0.243. The highest BCUT2D eigenvalue weighted by atomic mass is 32.1. The van der Waals surface area contributed by atoms with Gasteiger partial charge in [0, 0.05) is 18.3 Å². The molecule has 0 spiro atoms. The van der Waals surface area contributed by atoms with E-state index in [2.05, 4.69) is 15.3 Å². The summed E-state index contributed by atoms with van der Waals surface area (Å²) in [5.74, 6) is 0.551. The van der Waals surface area contributed by atoms with Gasteiger partial charge >= 0.3 is 6.03 Å². The molecule has 1 N–H and O–H groups in total. The molecule has 5 aromatic rings. The maximum atomic E-state index is 12.4. The lowest BCUT2D eigenvalue weighted by Gasteiger charge is -2.05. The van der Waals surface area contributed by atoms with Crippen molar-refractivity contribution >= 4 is 38.9 Å². The van der Waals surface area contributed by atoms with E-state index in [1.807, 2.05) is 49.4 Å². The summed E-state index contributed by atoms with van der Waals surface area (Å²) in [6.45, 7) is 2.30. The monoisotopic (exact) mass is 416 g/mol. The molecule has 0 unspecified atom stereocenters. The highest BCUT2D eigenvalue weighted by molar-refractivity contribution is 7.14. The second-order valence-corrected chi connectivity index (χ2v) is 7.83. The first kappa shape index (κ1) is 18.3. The third kappa shape index (κ3) is 3.27. The predicted molar refractivity (Wildman–Crippen MR) is 116 cm³/mol. The first-order valence-electron chi connectivity index (χ1n) is 9.30. The molecule has 0 saturated heterocycles. The minimum absolute atomic E-state index is 0.292. The Morgan fingerprint density at radius 1 is 1.17 bits per heavy atom. The van der Waals surface area contributed by atoms with Crippen LogP contribution in [0.1, 0.15) is 11.1 Å². The Balaban J connectivity index is 1.31. The van der Waals surface area contributed by atoms with Crippen molar-refractivity contribution in [1.82, 2.24) is 19.2 Å². The van der Waals surface area contributed by atoms with Gasteiger partial charge < -0.3 is 9.73 Å². The van der Waals surface area contributed by atoms with Gasteiger partial charge in [0.15, 0.2) is 5.58 Å². The van der Waals surface area contributed by atoms with Crippen molar-refractivity contribution in [3.8, 4) is 11.5 Å². The first-order chi connectivity index (χ1) is 14.6. The van der Waals surface area contributed by atoms with Crippen LogP contribution in [0.4, 0.5) is 4.79 Å². The minimum Gasteiger partial charge on any atom is -0.436 e. The van der Waals surface area contributed by atoms with Gasteiger partial charge in [-0.25, -0.2) is 14.8 Å². The maximum absolute atomic E-state index is 12.4. The minimum atomic E-state index is -0.471. The second kappa shape index (κ2) is 7.23. The van der Waals surface area contributed by atoms with Crippen LogP contribution in [0.3, 0.4) is 0 Å². The van der Waals surface area contributed by atoms with Crippen molar-refractivity contribution in [3.63, 3.8) is 0 Å². The van der Waals surface area contributed by atoms with Crippen LogP contribution < -0.4 is 10.9 Å². The van der Waals surface area contributed by atoms with E-state index in [9.17, 15) is 9.59 Å². The van der Waals surface area contributed by atoms with Crippen molar-refractivity contribution in [1.29, 1.82) is 0 Å². The number of carbonyl (C=O) groups is 1. The molecule has 0 aliphatic rings. The fourth-order valence-electron chi connectivity index (χ4n) is 3.17. The number of hydrogen-bond donors (Lipinski definition) is 1. The molecule has 1 amide bonds. The van der Waals surface area contributed by atoms with Crippen LogP contribution >= 0.6 is 11.5 Å². The number of benzene rings is 2. The third-order valence-corrected chi connectivity index (χ3v) is 5.75. The van der Waals surface area contributed by atoms with Gasteiger partial charge in [-0.05, 0) is 66.0 Å². The number of aryl methyl sites for hydroxylation is 1. The zero-order valence-corrected chi connectivity index (χ0v) is 16.8. The Bertz CT molecular complexity index is 1450. The molecule has 5 rings (SSSR count). The van der Waals surface area contributed by atoms with Gasteiger partial charge in [0.2, 0.25) is 5.89 Å². The van der Waals surface area contributed by atoms with Gasteiger partial charge in [0.25, 0.3) is 5.56 Å². The van der Waals surface area contributed by atoms with E-state index < -0.39 is 6.03 Å². The summed E-state index contributed by atoms with van der Waals surface area (Å²) in [5, 5.41) is 3.21. The van der Waals surface area contributed by atoms with E-state index >= 15 is 0 Å². The van der Waals surface area contributed by atoms with E-state index in [1.54, 1.807) is 18.3 Å². The van der Waals surface area contributed by atoms with Crippen LogP contribution in [-0.4, -0.2) is 20.0 Å². The molecule has 148 valence electrons. The van der Waals surface area contributed by atoms with Gasteiger partial charge in [-0.2, -0.15) is 3.96 Å². The Hall–Kier alpha value is -3.78. The van der Waals surface area contributed by atoms with E-state index in [1.165, 1.54) is 0 Å². The number of aromatic nitrogens is 3. The highest BCUT2D eigenvalue weighted by Crippen LogP contribution is 2.25. The summed E-state index contributed by atoms with van der Waals surface area (Å²) in [5.41, 5.74) is 4.07. The fraction of sp³-hybridized carbons (Fsp3) is 0.0909. The lowest BCUT2D eigenvalue weighted by Crippen LogP contribution is -2.32. The summed E-state index contributed by atoms with van der Waals surface area (Å²) in [6, 6.07) is 16.3. The number of fused-ring (bicyclic) bond motifs is 2. The van der Waals surface area contributed by atoms with Crippen LogP contribution in [0, 0.1) is 6.92 Å². The summed E-state index contributed by atoms with van der Waals surface area (Å²) in [6.07, 6.45) is 1.60. The van der Waals surface area contributed by atoms with E-state index in [4.69, 9.17) is 4.42 Å². The van der Waals surface area contributed by atoms with Crippen molar-refractivity contribution < 1.29 is 9.21 Å². The number of hydrogen-bond acceptors (Lipinski definition) is 6. The Morgan fingerprint density at radius 3 is 2.80 bits per heavy atom. The molecule has 0 saturated carbocycles. The standard InChI is InChI=1S/C22H16N4O3S/c1-13-4-9-17-18(11-13)29-19(25-17)15-7-5-14(6-8-15)12-24-22(28)26-21(27)16-3-2-10-23-20(16)30-26/h2-11H,12H2,1H3,(H,24,28). The second-order valence-electron chi connectivity index (χ2n) is 6.89. The number of nitrogens with zero attached hydrogens (tertiary/aromatic N) is 3. The van der Waals surface area contributed by atoms with Crippen molar-refractivity contribution in [2.75, 3.05) is 0 Å². The zero-order chi connectivity index (χ0) is 20.7. The normalized spacial score (nSPS) is 11.2. The molecule has 0 aliphatic heterocycles. The molecule has 0 bridgehead atoms. The number of nitrogens with one attached hydrogen (secondary N) is 1. The number of pyridine rings is 1. The van der Waals surface area contributed by atoms with E-state index in [-0.39, 0.29) is 5.56 Å². The Kier molecular flexibility index (Phi) is 4.40. The van der Waals surface area contributed by atoms with Crippen molar-refractivity contribution in [2.45, 2.75) is 13.5 Å². The predicted octanol–water partition coefficient (Wildman–Crippen LogP) is 4.33. The molecular formula is C22H16N4O3S. The Labute approximate surface area is 174 Å². The van der Waals surface area contributed by atoms with Crippen LogP contribution in [0.25, 0.3) is 32.8 Å². The smallest absolute Gasteiger partial charge is 0.338 e. The molecule has 8 heteroatoms. The number of oxazole rings is 1. The molecule has 0 fully saturated rings. The van der Waals surface area contributed by atoms with E-state index in [0.29, 0.717) is 22.7 Å². The lowest BCUT2D eigenvalue weighted by atomic mass is 10.1. The van der Waals surface area contributed by atoms with E-state index in [0.717, 1.165) is 43.3 Å². The Morgan fingerprint density at radius 2 is 2.00 bits per heavy atom. The molecule has 0 atom stereocenters. The topological polar surface area (TPSA) is 90.0 Å².